The average Bonchev–Trinajstić information content (AvgIpc) is 3.15. The summed E-state index contributed by atoms with van der Waals surface area (Å²) in [7, 11) is 0. The number of piperidine rings is 1. The fourth-order valence-electron chi connectivity index (χ4n) is 3.96. The number of carboxylic acid groups (broad SMARTS) is 1. The minimum absolute atomic E-state index is 0.0319. The van der Waals surface area contributed by atoms with Gasteiger partial charge in [0, 0.05) is 11.4 Å². The first kappa shape index (κ1) is 19.2. The van der Waals surface area contributed by atoms with Crippen molar-refractivity contribution in [1.29, 1.82) is 0 Å². The van der Waals surface area contributed by atoms with Crippen molar-refractivity contribution in [3.8, 4) is 11.1 Å². The minimum atomic E-state index is -0.702. The van der Waals surface area contributed by atoms with Crippen LogP contribution in [0.5, 0.6) is 0 Å². The zero-order valence-corrected chi connectivity index (χ0v) is 17.0. The highest BCUT2D eigenvalue weighted by atomic mass is 35.5. The second-order valence-corrected chi connectivity index (χ2v) is 8.95. The molecule has 0 radical (unpaired) electrons. The number of carboxylic acids is 1. The molecule has 1 aliphatic rings. The lowest BCUT2D eigenvalue weighted by Crippen LogP contribution is -2.41. The Bertz CT molecular complexity index is 939. The van der Waals surface area contributed by atoms with E-state index in [0.29, 0.717) is 6.54 Å². The number of likely N-dealkylation sites (tertiary alicyclic amines) is 1. The van der Waals surface area contributed by atoms with Gasteiger partial charge in [0.25, 0.3) is 0 Å². The summed E-state index contributed by atoms with van der Waals surface area (Å²) in [5.74, 6) is -1.01. The standard InChI is InChI=1S/C23H22ClNO2S/c24-21-13-12-20(28-21)22(25-14-4-7-19(15-25)23(26)27)18-10-8-17(9-11-18)16-5-2-1-3-6-16/h1-3,5-6,8-13,19,22H,4,7,14-15H2,(H,26,27). The summed E-state index contributed by atoms with van der Waals surface area (Å²) in [4.78, 5) is 15.0. The molecular weight excluding hydrogens is 390 g/mol. The molecule has 1 aromatic heterocycles. The molecule has 4 rings (SSSR count). The predicted molar refractivity (Wildman–Crippen MR) is 115 cm³/mol. The fourth-order valence-corrected chi connectivity index (χ4v) is 5.19. The lowest BCUT2D eigenvalue weighted by atomic mass is 9.93. The van der Waals surface area contributed by atoms with Crippen LogP contribution in [0.4, 0.5) is 0 Å². The Hall–Kier alpha value is -2.14. The van der Waals surface area contributed by atoms with Crippen molar-refractivity contribution in [3.63, 3.8) is 0 Å². The third kappa shape index (κ3) is 4.14. The second-order valence-electron chi connectivity index (χ2n) is 7.20. The number of aliphatic carboxylic acids is 1. The van der Waals surface area contributed by atoms with Crippen LogP contribution in [0.1, 0.15) is 29.3 Å². The molecule has 1 N–H and O–H groups in total. The van der Waals surface area contributed by atoms with Crippen LogP contribution in [0.2, 0.25) is 4.34 Å². The van der Waals surface area contributed by atoms with E-state index in [-0.39, 0.29) is 12.0 Å². The lowest BCUT2D eigenvalue weighted by Gasteiger charge is -2.37. The molecule has 1 saturated heterocycles. The smallest absolute Gasteiger partial charge is 0.307 e. The van der Waals surface area contributed by atoms with Crippen LogP contribution < -0.4 is 0 Å². The van der Waals surface area contributed by atoms with Gasteiger partial charge in [-0.3, -0.25) is 9.69 Å². The van der Waals surface area contributed by atoms with Crippen molar-refractivity contribution in [3.05, 3.63) is 81.5 Å². The molecule has 28 heavy (non-hydrogen) atoms. The molecule has 0 bridgehead atoms. The molecule has 2 unspecified atom stereocenters. The Morgan fingerprint density at radius 1 is 1.04 bits per heavy atom. The van der Waals surface area contributed by atoms with Gasteiger partial charge in [-0.15, -0.1) is 11.3 Å². The van der Waals surface area contributed by atoms with Crippen LogP contribution in [0, 0.1) is 5.92 Å². The fraction of sp³-hybridized carbons (Fsp3) is 0.261. The molecule has 0 aliphatic carbocycles. The van der Waals surface area contributed by atoms with Crippen molar-refractivity contribution >= 4 is 28.9 Å². The van der Waals surface area contributed by atoms with Crippen LogP contribution in [-0.4, -0.2) is 29.1 Å². The van der Waals surface area contributed by atoms with Gasteiger partial charge in [-0.05, 0) is 48.2 Å². The highest BCUT2D eigenvalue weighted by Crippen LogP contribution is 2.38. The monoisotopic (exact) mass is 411 g/mol. The molecule has 3 nitrogen and oxygen atoms in total. The zero-order valence-electron chi connectivity index (χ0n) is 15.4. The zero-order chi connectivity index (χ0) is 19.5. The van der Waals surface area contributed by atoms with Crippen molar-refractivity contribution in [1.82, 2.24) is 4.90 Å². The van der Waals surface area contributed by atoms with Crippen LogP contribution in [0.15, 0.2) is 66.7 Å². The predicted octanol–water partition coefficient (Wildman–Crippen LogP) is 5.95. The number of hydrogen-bond donors (Lipinski definition) is 1. The molecule has 3 aromatic rings. The lowest BCUT2D eigenvalue weighted by molar-refractivity contribution is -0.143. The van der Waals surface area contributed by atoms with Gasteiger partial charge >= 0.3 is 5.97 Å². The van der Waals surface area contributed by atoms with Crippen molar-refractivity contribution in [2.45, 2.75) is 18.9 Å². The van der Waals surface area contributed by atoms with E-state index in [1.807, 2.05) is 24.3 Å². The van der Waals surface area contributed by atoms with Crippen molar-refractivity contribution in [2.24, 2.45) is 5.92 Å². The van der Waals surface area contributed by atoms with Crippen molar-refractivity contribution in [2.75, 3.05) is 13.1 Å². The second kappa shape index (κ2) is 8.48. The number of carbonyl (C=O) groups is 1. The summed E-state index contributed by atoms with van der Waals surface area (Å²) in [6.07, 6.45) is 1.64. The van der Waals surface area contributed by atoms with Gasteiger partial charge in [0.05, 0.1) is 16.3 Å². The summed E-state index contributed by atoms with van der Waals surface area (Å²) in [6, 6.07) is 22.9. The quantitative estimate of drug-likeness (QED) is 0.563. The minimum Gasteiger partial charge on any atom is -0.481 e. The molecule has 0 amide bonds. The summed E-state index contributed by atoms with van der Waals surface area (Å²) in [5.41, 5.74) is 3.53. The van der Waals surface area contributed by atoms with Crippen LogP contribution >= 0.6 is 22.9 Å². The van der Waals surface area contributed by atoms with Gasteiger partial charge in [-0.1, -0.05) is 66.2 Å². The third-order valence-corrected chi connectivity index (χ3v) is 6.65. The number of hydrogen-bond acceptors (Lipinski definition) is 3. The van der Waals surface area contributed by atoms with Crippen LogP contribution in [0.25, 0.3) is 11.1 Å². The highest BCUT2D eigenvalue weighted by Gasteiger charge is 2.32. The van der Waals surface area contributed by atoms with Gasteiger partial charge in [0.1, 0.15) is 0 Å². The Kier molecular flexibility index (Phi) is 5.81. The Labute approximate surface area is 174 Å². The van der Waals surface area contributed by atoms with Crippen LogP contribution in [0.3, 0.4) is 0 Å². The van der Waals surface area contributed by atoms with Gasteiger partial charge < -0.3 is 5.11 Å². The molecule has 1 aliphatic heterocycles. The maximum atomic E-state index is 11.6. The van der Waals surface area contributed by atoms with Crippen molar-refractivity contribution < 1.29 is 9.90 Å². The first-order chi connectivity index (χ1) is 13.6. The van der Waals surface area contributed by atoms with E-state index in [4.69, 9.17) is 11.6 Å². The van der Waals surface area contributed by atoms with E-state index in [1.165, 1.54) is 16.7 Å². The number of rotatable bonds is 5. The summed E-state index contributed by atoms with van der Waals surface area (Å²) >= 11 is 7.79. The molecule has 144 valence electrons. The molecule has 2 atom stereocenters. The number of halogens is 1. The highest BCUT2D eigenvalue weighted by molar-refractivity contribution is 7.16. The molecule has 5 heteroatoms. The topological polar surface area (TPSA) is 40.5 Å². The molecular formula is C23H22ClNO2S. The molecule has 1 fully saturated rings. The maximum absolute atomic E-state index is 11.6. The SMILES string of the molecule is O=C(O)C1CCCN(C(c2ccc(-c3ccccc3)cc2)c2ccc(Cl)s2)C1. The largest absolute Gasteiger partial charge is 0.481 e. The van der Waals surface area contributed by atoms with Gasteiger partial charge in [-0.2, -0.15) is 0 Å². The molecule has 2 heterocycles. The van der Waals surface area contributed by atoms with E-state index in [0.717, 1.165) is 28.6 Å². The van der Waals surface area contributed by atoms with Gasteiger partial charge in [0.15, 0.2) is 0 Å². The molecule has 0 spiro atoms. The van der Waals surface area contributed by atoms with Crippen LogP contribution in [-0.2, 0) is 4.79 Å². The summed E-state index contributed by atoms with van der Waals surface area (Å²) in [6.45, 7) is 1.46. The number of thiophene rings is 1. The Morgan fingerprint density at radius 2 is 1.75 bits per heavy atom. The Balaban J connectivity index is 1.67. The first-order valence-electron chi connectivity index (χ1n) is 9.49. The number of benzene rings is 2. The van der Waals surface area contributed by atoms with E-state index < -0.39 is 5.97 Å². The van der Waals surface area contributed by atoms with E-state index in [2.05, 4.69) is 47.4 Å². The normalized spacial score (nSPS) is 18.7. The maximum Gasteiger partial charge on any atom is 0.307 e. The Morgan fingerprint density at radius 3 is 2.39 bits per heavy atom. The molecule has 0 saturated carbocycles. The average molecular weight is 412 g/mol. The van der Waals surface area contributed by atoms with E-state index >= 15 is 0 Å². The van der Waals surface area contributed by atoms with E-state index in [1.54, 1.807) is 11.3 Å². The first-order valence-corrected chi connectivity index (χ1v) is 10.7. The van der Waals surface area contributed by atoms with Gasteiger partial charge in [-0.25, -0.2) is 0 Å². The number of nitrogens with zero attached hydrogens (tertiary/aromatic N) is 1. The third-order valence-electron chi connectivity index (χ3n) is 5.36. The van der Waals surface area contributed by atoms with Gasteiger partial charge in [0.2, 0.25) is 0 Å². The molecule has 2 aromatic carbocycles. The van der Waals surface area contributed by atoms with E-state index in [9.17, 15) is 9.90 Å². The summed E-state index contributed by atoms with van der Waals surface area (Å²) < 4.78 is 0.757. The summed E-state index contributed by atoms with van der Waals surface area (Å²) in [5, 5.41) is 9.50.